The van der Waals surface area contributed by atoms with Crippen LogP contribution in [0.25, 0.3) is 11.0 Å². The Bertz CT molecular complexity index is 617. The zero-order valence-corrected chi connectivity index (χ0v) is 13.0. The first-order valence-electron chi connectivity index (χ1n) is 4.51. The summed E-state index contributed by atoms with van der Waals surface area (Å²) in [6.07, 6.45) is 0. The van der Waals surface area contributed by atoms with E-state index in [9.17, 15) is 4.79 Å². The Morgan fingerprint density at radius 3 is 2.62 bits per heavy atom. The number of benzene rings is 1. The summed E-state index contributed by atoms with van der Waals surface area (Å²) in [7, 11) is 1.61. The summed E-state index contributed by atoms with van der Waals surface area (Å²) < 4.78 is 12.4. The Morgan fingerprint density at radius 1 is 1.31 bits per heavy atom. The first-order valence-corrected chi connectivity index (χ1v) is 6.66. The van der Waals surface area contributed by atoms with Gasteiger partial charge in [-0.15, -0.1) is 0 Å². The SMILES string of the molecule is COc1c(I)cc2c(C)cc(=O)oc2c1I. The number of methoxy groups -OCH3 is 1. The van der Waals surface area contributed by atoms with E-state index in [0.717, 1.165) is 23.8 Å². The lowest BCUT2D eigenvalue weighted by Gasteiger charge is -2.09. The third-order valence-electron chi connectivity index (χ3n) is 2.30. The molecule has 0 aliphatic rings. The van der Waals surface area contributed by atoms with Gasteiger partial charge < -0.3 is 9.15 Å². The van der Waals surface area contributed by atoms with Gasteiger partial charge in [-0.25, -0.2) is 4.79 Å². The molecule has 0 aliphatic carbocycles. The third-order valence-corrected chi connectivity index (χ3v) is 4.08. The lowest BCUT2D eigenvalue weighted by molar-refractivity contribution is 0.408. The smallest absolute Gasteiger partial charge is 0.336 e. The van der Waals surface area contributed by atoms with Crippen molar-refractivity contribution < 1.29 is 9.15 Å². The maximum atomic E-state index is 11.3. The first kappa shape index (κ1) is 12.2. The maximum absolute atomic E-state index is 11.3. The lowest BCUT2D eigenvalue weighted by Crippen LogP contribution is -2.01. The molecule has 84 valence electrons. The molecular formula is C11H8I2O3. The predicted molar refractivity (Wildman–Crippen MR) is 79.2 cm³/mol. The van der Waals surface area contributed by atoms with Crippen LogP contribution < -0.4 is 10.4 Å². The molecule has 0 amide bonds. The van der Waals surface area contributed by atoms with Gasteiger partial charge in [-0.3, -0.25) is 0 Å². The zero-order valence-electron chi connectivity index (χ0n) is 8.64. The van der Waals surface area contributed by atoms with Crippen LogP contribution in [0, 0.1) is 14.1 Å². The Balaban J connectivity index is 2.99. The Labute approximate surface area is 119 Å². The van der Waals surface area contributed by atoms with Crippen LogP contribution in [0.5, 0.6) is 5.75 Å². The van der Waals surface area contributed by atoms with E-state index in [2.05, 4.69) is 45.2 Å². The molecule has 0 spiro atoms. The van der Waals surface area contributed by atoms with Crippen LogP contribution in [0.1, 0.15) is 5.56 Å². The van der Waals surface area contributed by atoms with Gasteiger partial charge in [-0.1, -0.05) is 0 Å². The zero-order chi connectivity index (χ0) is 11.9. The summed E-state index contributed by atoms with van der Waals surface area (Å²) in [6.45, 7) is 1.90. The standard InChI is InChI=1S/C11H8I2O3/c1-5-3-8(14)16-10-6(5)4-7(12)11(15-2)9(10)13/h3-4H,1-2H3. The van der Waals surface area contributed by atoms with Gasteiger partial charge in [0.1, 0.15) is 5.75 Å². The molecule has 0 atom stereocenters. The third kappa shape index (κ3) is 1.94. The monoisotopic (exact) mass is 442 g/mol. The highest BCUT2D eigenvalue weighted by Crippen LogP contribution is 2.34. The van der Waals surface area contributed by atoms with E-state index < -0.39 is 0 Å². The fourth-order valence-corrected chi connectivity index (χ4v) is 3.78. The van der Waals surface area contributed by atoms with Crippen molar-refractivity contribution in [3.8, 4) is 5.75 Å². The summed E-state index contributed by atoms with van der Waals surface area (Å²) in [5, 5.41) is 0.953. The second-order valence-corrected chi connectivity index (χ2v) is 5.57. The molecule has 1 aromatic carbocycles. The molecule has 0 bridgehead atoms. The van der Waals surface area contributed by atoms with E-state index in [0.29, 0.717) is 5.58 Å². The highest BCUT2D eigenvalue weighted by atomic mass is 127. The molecule has 2 aromatic rings. The minimum Gasteiger partial charge on any atom is -0.494 e. The Kier molecular flexibility index (Phi) is 3.43. The Hall–Kier alpha value is -0.310. The quantitative estimate of drug-likeness (QED) is 0.503. The minimum atomic E-state index is -0.328. The summed E-state index contributed by atoms with van der Waals surface area (Å²) in [5.74, 6) is 0.752. The molecule has 0 radical (unpaired) electrons. The number of hydrogen-bond donors (Lipinski definition) is 0. The minimum absolute atomic E-state index is 0.328. The fourth-order valence-electron chi connectivity index (χ4n) is 1.55. The van der Waals surface area contributed by atoms with Gasteiger partial charge in [0.2, 0.25) is 0 Å². The molecule has 3 nitrogen and oxygen atoms in total. The number of halogens is 2. The van der Waals surface area contributed by atoms with Crippen LogP contribution in [0.4, 0.5) is 0 Å². The van der Waals surface area contributed by atoms with Crippen LogP contribution in [0.15, 0.2) is 21.3 Å². The second-order valence-electron chi connectivity index (χ2n) is 3.33. The van der Waals surface area contributed by atoms with Gasteiger partial charge in [-0.05, 0) is 63.7 Å². The van der Waals surface area contributed by atoms with Crippen molar-refractivity contribution >= 4 is 56.2 Å². The van der Waals surface area contributed by atoms with Crippen molar-refractivity contribution in [3.63, 3.8) is 0 Å². The van der Waals surface area contributed by atoms with Gasteiger partial charge in [0.05, 0.1) is 14.3 Å². The van der Waals surface area contributed by atoms with Crippen LogP contribution in [0.3, 0.4) is 0 Å². The average molecular weight is 442 g/mol. The van der Waals surface area contributed by atoms with Crippen molar-refractivity contribution in [1.29, 1.82) is 0 Å². The predicted octanol–water partition coefficient (Wildman–Crippen LogP) is 3.32. The molecule has 16 heavy (non-hydrogen) atoms. The fraction of sp³-hybridized carbons (Fsp3) is 0.182. The van der Waals surface area contributed by atoms with Crippen molar-refractivity contribution in [3.05, 3.63) is 35.3 Å². The summed E-state index contributed by atoms with van der Waals surface area (Å²) in [4.78, 5) is 11.3. The summed E-state index contributed by atoms with van der Waals surface area (Å²) in [6, 6.07) is 3.47. The van der Waals surface area contributed by atoms with Gasteiger partial charge in [0, 0.05) is 11.5 Å². The van der Waals surface area contributed by atoms with Crippen LogP contribution in [-0.2, 0) is 0 Å². The normalized spacial score (nSPS) is 10.8. The van der Waals surface area contributed by atoms with E-state index >= 15 is 0 Å². The van der Waals surface area contributed by atoms with E-state index in [-0.39, 0.29) is 5.63 Å². The molecule has 1 heterocycles. The maximum Gasteiger partial charge on any atom is 0.336 e. The molecule has 1 aromatic heterocycles. The van der Waals surface area contributed by atoms with Crippen LogP contribution in [0.2, 0.25) is 0 Å². The van der Waals surface area contributed by atoms with Gasteiger partial charge >= 0.3 is 5.63 Å². The summed E-state index contributed by atoms with van der Waals surface area (Å²) in [5.41, 5.74) is 1.19. The molecular weight excluding hydrogens is 434 g/mol. The van der Waals surface area contributed by atoms with Crippen molar-refractivity contribution in [2.24, 2.45) is 0 Å². The van der Waals surface area contributed by atoms with E-state index in [1.807, 2.05) is 13.0 Å². The Morgan fingerprint density at radius 2 is 2.00 bits per heavy atom. The van der Waals surface area contributed by atoms with Crippen molar-refractivity contribution in [2.75, 3.05) is 7.11 Å². The first-order chi connectivity index (χ1) is 7.54. The molecule has 0 unspecified atom stereocenters. The van der Waals surface area contributed by atoms with E-state index in [4.69, 9.17) is 9.15 Å². The number of hydrogen-bond acceptors (Lipinski definition) is 3. The van der Waals surface area contributed by atoms with Crippen molar-refractivity contribution in [1.82, 2.24) is 0 Å². The van der Waals surface area contributed by atoms with E-state index in [1.54, 1.807) is 7.11 Å². The average Bonchev–Trinajstić information content (AvgIpc) is 2.21. The molecule has 2 rings (SSSR count). The summed E-state index contributed by atoms with van der Waals surface area (Å²) >= 11 is 4.35. The molecule has 0 aliphatic heterocycles. The number of aryl methyl sites for hydroxylation is 1. The number of ether oxygens (including phenoxy) is 1. The highest BCUT2D eigenvalue weighted by Gasteiger charge is 2.14. The van der Waals surface area contributed by atoms with E-state index in [1.165, 1.54) is 6.07 Å². The van der Waals surface area contributed by atoms with Gasteiger partial charge in [0.15, 0.2) is 5.58 Å². The molecule has 0 fully saturated rings. The highest BCUT2D eigenvalue weighted by molar-refractivity contribution is 14.1. The molecule has 5 heteroatoms. The number of rotatable bonds is 1. The van der Waals surface area contributed by atoms with Crippen molar-refractivity contribution in [2.45, 2.75) is 6.92 Å². The van der Waals surface area contributed by atoms with Gasteiger partial charge in [0.25, 0.3) is 0 Å². The second kappa shape index (κ2) is 4.52. The lowest BCUT2D eigenvalue weighted by atomic mass is 10.1. The molecule has 0 saturated heterocycles. The topological polar surface area (TPSA) is 39.4 Å². The molecule has 0 saturated carbocycles. The van der Waals surface area contributed by atoms with Gasteiger partial charge in [-0.2, -0.15) is 0 Å². The largest absolute Gasteiger partial charge is 0.494 e. The van der Waals surface area contributed by atoms with Crippen LogP contribution in [-0.4, -0.2) is 7.11 Å². The number of fused-ring (bicyclic) bond motifs is 1. The van der Waals surface area contributed by atoms with Crippen LogP contribution >= 0.6 is 45.2 Å². The molecule has 0 N–H and O–H groups in total.